The monoisotopic (exact) mass is 340 g/mol. The molecule has 1 heterocycles. The molecule has 1 fully saturated rings. The van der Waals surface area contributed by atoms with Crippen LogP contribution in [-0.4, -0.2) is 50.9 Å². The molecule has 0 aromatic carbocycles. The lowest BCUT2D eigenvalue weighted by atomic mass is 9.88. The highest BCUT2D eigenvalue weighted by Gasteiger charge is 2.33. The maximum atomic E-state index is 11.2. The summed E-state index contributed by atoms with van der Waals surface area (Å²) in [5, 5.41) is 0. The lowest BCUT2D eigenvalue weighted by molar-refractivity contribution is -0.156. The molecular weight excluding hydrogens is 316 g/mol. The summed E-state index contributed by atoms with van der Waals surface area (Å²) in [6, 6.07) is 0. The van der Waals surface area contributed by atoms with Gasteiger partial charge >= 0.3 is 17.9 Å². The van der Waals surface area contributed by atoms with Gasteiger partial charge in [-0.25, -0.2) is 14.4 Å². The highest BCUT2D eigenvalue weighted by atomic mass is 16.6. The molecule has 0 aromatic heterocycles. The topological polar surface area (TPSA) is 91.4 Å². The van der Waals surface area contributed by atoms with Gasteiger partial charge < -0.3 is 18.9 Å². The zero-order valence-electron chi connectivity index (χ0n) is 14.0. The van der Waals surface area contributed by atoms with Crippen molar-refractivity contribution >= 4 is 17.9 Å². The van der Waals surface area contributed by atoms with E-state index < -0.39 is 23.3 Å². The number of hydrogen-bond donors (Lipinski definition) is 0. The highest BCUT2D eigenvalue weighted by molar-refractivity contribution is 5.82. The van der Waals surface area contributed by atoms with Crippen LogP contribution in [0.1, 0.15) is 13.3 Å². The van der Waals surface area contributed by atoms with E-state index in [1.807, 2.05) is 0 Å². The van der Waals surface area contributed by atoms with Crippen molar-refractivity contribution in [2.75, 3.05) is 33.0 Å². The fourth-order valence-corrected chi connectivity index (χ4v) is 1.28. The van der Waals surface area contributed by atoms with Crippen LogP contribution in [0.3, 0.4) is 0 Å². The smallest absolute Gasteiger partial charge is 0.330 e. The Labute approximate surface area is 141 Å². The molecule has 0 bridgehead atoms. The number of esters is 3. The molecular formula is C17H24O7. The first-order chi connectivity index (χ1) is 11.4. The summed E-state index contributed by atoms with van der Waals surface area (Å²) in [6.07, 6.45) is 3.51. The molecule has 7 nitrogen and oxygen atoms in total. The zero-order valence-corrected chi connectivity index (χ0v) is 14.0. The molecule has 134 valence electrons. The molecule has 0 amide bonds. The average Bonchev–Trinajstić information content (AvgIpc) is 3.49. The predicted octanol–water partition coefficient (Wildman–Crippen LogP) is 1.59. The van der Waals surface area contributed by atoms with Crippen molar-refractivity contribution < 1.29 is 33.3 Å². The summed E-state index contributed by atoms with van der Waals surface area (Å²) in [6.45, 7) is 13.4. The molecule has 0 aromatic rings. The van der Waals surface area contributed by atoms with E-state index in [2.05, 4.69) is 24.5 Å². The van der Waals surface area contributed by atoms with Gasteiger partial charge in [0.2, 0.25) is 0 Å². The Hall–Kier alpha value is -2.41. The van der Waals surface area contributed by atoms with Crippen molar-refractivity contribution in [1.29, 1.82) is 0 Å². The quantitative estimate of drug-likeness (QED) is 0.258. The fourth-order valence-electron chi connectivity index (χ4n) is 1.28. The van der Waals surface area contributed by atoms with Crippen molar-refractivity contribution in [2.45, 2.75) is 13.3 Å². The van der Waals surface area contributed by atoms with Gasteiger partial charge in [-0.2, -0.15) is 0 Å². The standard InChI is InChI=1S/C15H20O6.C2H4O/c1-5-12(16)19-9-15(8-4,10-20-13(17)6-2)11-21-14(18)7-3;1-2-3-1/h5-7H,1-3,8-11H2,4H3;1-2H2. The molecule has 1 aliphatic rings. The van der Waals surface area contributed by atoms with Crippen LogP contribution in [0.2, 0.25) is 0 Å². The molecule has 0 N–H and O–H groups in total. The first kappa shape index (κ1) is 21.6. The minimum atomic E-state index is -0.837. The van der Waals surface area contributed by atoms with E-state index in [1.165, 1.54) is 0 Å². The van der Waals surface area contributed by atoms with Crippen molar-refractivity contribution in [1.82, 2.24) is 0 Å². The largest absolute Gasteiger partial charge is 0.462 e. The molecule has 0 unspecified atom stereocenters. The first-order valence-electron chi connectivity index (χ1n) is 7.38. The molecule has 0 atom stereocenters. The number of ether oxygens (including phenoxy) is 4. The summed E-state index contributed by atoms with van der Waals surface area (Å²) >= 11 is 0. The fraction of sp³-hybridized carbons (Fsp3) is 0.471. The van der Waals surface area contributed by atoms with Crippen LogP contribution in [0.4, 0.5) is 0 Å². The van der Waals surface area contributed by atoms with Crippen LogP contribution in [0, 0.1) is 5.41 Å². The second-order valence-corrected chi connectivity index (χ2v) is 4.90. The lowest BCUT2D eigenvalue weighted by Crippen LogP contribution is -2.38. The van der Waals surface area contributed by atoms with Crippen LogP contribution < -0.4 is 0 Å². The van der Waals surface area contributed by atoms with Crippen LogP contribution in [0.25, 0.3) is 0 Å². The van der Waals surface area contributed by atoms with Gasteiger partial charge in [0.05, 0.1) is 18.6 Å². The van der Waals surface area contributed by atoms with Gasteiger partial charge in [0.15, 0.2) is 0 Å². The molecule has 7 heteroatoms. The molecule has 1 saturated heterocycles. The Bertz CT molecular complexity index is 403. The second-order valence-electron chi connectivity index (χ2n) is 4.90. The van der Waals surface area contributed by atoms with E-state index in [0.717, 1.165) is 31.4 Å². The normalized spacial score (nSPS) is 11.9. The molecule has 0 spiro atoms. The summed E-state index contributed by atoms with van der Waals surface area (Å²) < 4.78 is 19.5. The van der Waals surface area contributed by atoms with Crippen molar-refractivity contribution in [3.63, 3.8) is 0 Å². The Morgan fingerprint density at radius 3 is 1.33 bits per heavy atom. The van der Waals surface area contributed by atoms with Gasteiger partial charge in [0, 0.05) is 18.2 Å². The summed E-state index contributed by atoms with van der Waals surface area (Å²) in [5.41, 5.74) is -0.837. The Morgan fingerprint density at radius 2 is 1.17 bits per heavy atom. The van der Waals surface area contributed by atoms with E-state index in [4.69, 9.17) is 14.2 Å². The highest BCUT2D eigenvalue weighted by Crippen LogP contribution is 2.24. The molecule has 0 aliphatic carbocycles. The van der Waals surface area contributed by atoms with Crippen LogP contribution in [-0.2, 0) is 33.3 Å². The van der Waals surface area contributed by atoms with Crippen molar-refractivity contribution in [2.24, 2.45) is 5.41 Å². The third-order valence-electron chi connectivity index (χ3n) is 3.02. The predicted molar refractivity (Wildman–Crippen MR) is 87.0 cm³/mol. The Kier molecular flexibility index (Phi) is 10.9. The van der Waals surface area contributed by atoms with E-state index in [-0.39, 0.29) is 19.8 Å². The second kappa shape index (κ2) is 12.1. The minimum Gasteiger partial charge on any atom is -0.462 e. The number of carbonyl (C=O) groups excluding carboxylic acids is 3. The van der Waals surface area contributed by atoms with Crippen LogP contribution in [0.5, 0.6) is 0 Å². The zero-order chi connectivity index (χ0) is 18.4. The van der Waals surface area contributed by atoms with E-state index in [0.29, 0.717) is 6.42 Å². The molecule has 0 radical (unpaired) electrons. The molecule has 0 saturated carbocycles. The number of rotatable bonds is 10. The minimum absolute atomic E-state index is 0.0802. The van der Waals surface area contributed by atoms with E-state index in [9.17, 15) is 14.4 Å². The van der Waals surface area contributed by atoms with Crippen LogP contribution >= 0.6 is 0 Å². The van der Waals surface area contributed by atoms with E-state index in [1.54, 1.807) is 6.92 Å². The van der Waals surface area contributed by atoms with Gasteiger partial charge in [0.25, 0.3) is 0 Å². The molecule has 1 aliphatic heterocycles. The van der Waals surface area contributed by atoms with Gasteiger partial charge in [-0.3, -0.25) is 0 Å². The summed E-state index contributed by atoms with van der Waals surface area (Å²) in [5.74, 6) is -1.84. The van der Waals surface area contributed by atoms with E-state index >= 15 is 0 Å². The Balaban J connectivity index is 0.00000157. The average molecular weight is 340 g/mol. The van der Waals surface area contributed by atoms with Gasteiger partial charge in [-0.1, -0.05) is 26.7 Å². The Morgan fingerprint density at radius 1 is 0.875 bits per heavy atom. The van der Waals surface area contributed by atoms with Gasteiger partial charge in [0.1, 0.15) is 19.8 Å². The number of carbonyl (C=O) groups is 3. The third-order valence-corrected chi connectivity index (χ3v) is 3.02. The number of hydrogen-bond acceptors (Lipinski definition) is 7. The maximum absolute atomic E-state index is 11.2. The molecule has 1 rings (SSSR count). The van der Waals surface area contributed by atoms with Gasteiger partial charge in [-0.05, 0) is 6.42 Å². The summed E-state index contributed by atoms with van der Waals surface area (Å²) in [4.78, 5) is 33.5. The third kappa shape index (κ3) is 10.3. The maximum Gasteiger partial charge on any atom is 0.330 e. The summed E-state index contributed by atoms with van der Waals surface area (Å²) in [7, 11) is 0. The molecule has 24 heavy (non-hydrogen) atoms. The van der Waals surface area contributed by atoms with Crippen molar-refractivity contribution in [3.8, 4) is 0 Å². The first-order valence-corrected chi connectivity index (χ1v) is 7.38. The van der Waals surface area contributed by atoms with Gasteiger partial charge in [-0.15, -0.1) is 0 Å². The number of epoxide rings is 1. The van der Waals surface area contributed by atoms with Crippen molar-refractivity contribution in [3.05, 3.63) is 38.0 Å². The lowest BCUT2D eigenvalue weighted by Gasteiger charge is -2.30. The van der Waals surface area contributed by atoms with Crippen LogP contribution in [0.15, 0.2) is 38.0 Å². The SMILES string of the molecule is C1CO1.C=CC(=O)OCC(CC)(COC(=O)C=C)COC(=O)C=C.